The summed E-state index contributed by atoms with van der Waals surface area (Å²) in [6.45, 7) is 8.70. The van der Waals surface area contributed by atoms with E-state index in [1.54, 1.807) is 0 Å². The predicted molar refractivity (Wildman–Crippen MR) is 73.8 cm³/mol. The topological polar surface area (TPSA) is 33.6 Å². The fourth-order valence-electron chi connectivity index (χ4n) is 2.31. The number of nitrogens with one attached hydrogen (secondary N) is 1. The summed E-state index contributed by atoms with van der Waals surface area (Å²) < 4.78 is 2.90. The lowest BCUT2D eigenvalue weighted by Crippen LogP contribution is -2.08. The van der Waals surface area contributed by atoms with E-state index in [1.165, 1.54) is 0 Å². The molecule has 92 valence electrons. The van der Waals surface area contributed by atoms with E-state index in [0.29, 0.717) is 12.0 Å². The molecule has 0 saturated heterocycles. The number of imidazole rings is 1. The van der Waals surface area contributed by atoms with Gasteiger partial charge in [-0.05, 0) is 50.0 Å². The standard InChI is InChI=1S/C13H19N3S/c1-8(2)5-10(4)16-12-11(15-13(16)17)6-9(3)7-14-12/h6-8,10H,5H2,1-4H3,(H,15,17). The zero-order valence-electron chi connectivity index (χ0n) is 10.8. The number of rotatable bonds is 3. The van der Waals surface area contributed by atoms with Gasteiger partial charge in [-0.2, -0.15) is 0 Å². The molecule has 4 heteroatoms. The third-order valence-corrected chi connectivity index (χ3v) is 3.24. The molecule has 0 spiro atoms. The van der Waals surface area contributed by atoms with E-state index >= 15 is 0 Å². The fourth-order valence-corrected chi connectivity index (χ4v) is 2.69. The second-order valence-corrected chi connectivity index (χ2v) is 5.55. The molecule has 0 aliphatic carbocycles. The molecular weight excluding hydrogens is 230 g/mol. The molecule has 1 unspecified atom stereocenters. The smallest absolute Gasteiger partial charge is 0.179 e. The Labute approximate surface area is 107 Å². The number of aromatic nitrogens is 3. The summed E-state index contributed by atoms with van der Waals surface area (Å²) >= 11 is 5.39. The first-order valence-electron chi connectivity index (χ1n) is 6.06. The minimum absolute atomic E-state index is 0.381. The summed E-state index contributed by atoms with van der Waals surface area (Å²) in [5, 5.41) is 0. The van der Waals surface area contributed by atoms with Crippen LogP contribution in [-0.2, 0) is 0 Å². The van der Waals surface area contributed by atoms with E-state index in [0.717, 1.165) is 27.9 Å². The first kappa shape index (κ1) is 12.3. The second-order valence-electron chi connectivity index (χ2n) is 5.16. The van der Waals surface area contributed by atoms with Crippen LogP contribution in [0.25, 0.3) is 11.2 Å². The van der Waals surface area contributed by atoms with Crippen LogP contribution < -0.4 is 0 Å². The molecule has 1 N–H and O–H groups in total. The van der Waals surface area contributed by atoms with E-state index in [-0.39, 0.29) is 0 Å². The normalized spacial score (nSPS) is 13.5. The van der Waals surface area contributed by atoms with Crippen LogP contribution in [0.15, 0.2) is 12.3 Å². The summed E-state index contributed by atoms with van der Waals surface area (Å²) in [4.78, 5) is 7.73. The van der Waals surface area contributed by atoms with E-state index in [2.05, 4.69) is 41.4 Å². The van der Waals surface area contributed by atoms with Gasteiger partial charge in [0.15, 0.2) is 10.4 Å². The van der Waals surface area contributed by atoms with Crippen LogP contribution in [-0.4, -0.2) is 14.5 Å². The Morgan fingerprint density at radius 3 is 2.76 bits per heavy atom. The average Bonchev–Trinajstić information content (AvgIpc) is 2.51. The van der Waals surface area contributed by atoms with Crippen molar-refractivity contribution in [3.8, 4) is 0 Å². The van der Waals surface area contributed by atoms with Crippen molar-refractivity contribution in [3.63, 3.8) is 0 Å². The van der Waals surface area contributed by atoms with Crippen LogP contribution in [0.5, 0.6) is 0 Å². The molecule has 2 rings (SSSR count). The third-order valence-electron chi connectivity index (χ3n) is 2.95. The van der Waals surface area contributed by atoms with Crippen LogP contribution in [0.1, 0.15) is 38.8 Å². The monoisotopic (exact) mass is 249 g/mol. The molecule has 0 radical (unpaired) electrons. The molecule has 0 aromatic carbocycles. The highest BCUT2D eigenvalue weighted by Crippen LogP contribution is 2.22. The van der Waals surface area contributed by atoms with Crippen LogP contribution in [0.4, 0.5) is 0 Å². The van der Waals surface area contributed by atoms with Gasteiger partial charge >= 0.3 is 0 Å². The first-order chi connectivity index (χ1) is 7.99. The number of fused-ring (bicyclic) bond motifs is 1. The summed E-state index contributed by atoms with van der Waals surface area (Å²) in [6, 6.07) is 2.47. The average molecular weight is 249 g/mol. The second kappa shape index (κ2) is 4.61. The maximum atomic E-state index is 5.39. The van der Waals surface area contributed by atoms with Gasteiger partial charge < -0.3 is 4.98 Å². The van der Waals surface area contributed by atoms with Crippen molar-refractivity contribution in [1.29, 1.82) is 0 Å². The molecule has 17 heavy (non-hydrogen) atoms. The number of hydrogen-bond donors (Lipinski definition) is 1. The number of aryl methyl sites for hydroxylation is 1. The quantitative estimate of drug-likeness (QED) is 0.834. The van der Waals surface area contributed by atoms with Gasteiger partial charge in [0.2, 0.25) is 0 Å². The third kappa shape index (κ3) is 2.41. The highest BCUT2D eigenvalue weighted by molar-refractivity contribution is 7.71. The minimum atomic E-state index is 0.381. The van der Waals surface area contributed by atoms with Gasteiger partial charge in [-0.15, -0.1) is 0 Å². The van der Waals surface area contributed by atoms with E-state index in [9.17, 15) is 0 Å². The fraction of sp³-hybridized carbons (Fsp3) is 0.538. The number of H-pyrrole nitrogens is 1. The zero-order valence-corrected chi connectivity index (χ0v) is 11.6. The summed E-state index contributed by atoms with van der Waals surface area (Å²) in [7, 11) is 0. The highest BCUT2D eigenvalue weighted by atomic mass is 32.1. The zero-order chi connectivity index (χ0) is 12.6. The molecule has 2 heterocycles. The number of nitrogens with zero attached hydrogens (tertiary/aromatic N) is 2. The van der Waals surface area contributed by atoms with Crippen molar-refractivity contribution < 1.29 is 0 Å². The van der Waals surface area contributed by atoms with Crippen molar-refractivity contribution >= 4 is 23.4 Å². The predicted octanol–water partition coefficient (Wildman–Crippen LogP) is 4.01. The summed E-state index contributed by atoms with van der Waals surface area (Å²) in [5.41, 5.74) is 3.15. The largest absolute Gasteiger partial charge is 0.329 e. The maximum absolute atomic E-state index is 5.39. The van der Waals surface area contributed by atoms with Gasteiger partial charge in [0, 0.05) is 12.2 Å². The van der Waals surface area contributed by atoms with E-state index in [4.69, 9.17) is 12.2 Å². The lowest BCUT2D eigenvalue weighted by Gasteiger charge is -2.16. The first-order valence-corrected chi connectivity index (χ1v) is 6.46. The number of pyridine rings is 1. The Hall–Kier alpha value is -1.16. The van der Waals surface area contributed by atoms with Crippen molar-refractivity contribution in [2.24, 2.45) is 5.92 Å². The Balaban J connectivity index is 2.53. The Morgan fingerprint density at radius 2 is 2.12 bits per heavy atom. The van der Waals surface area contributed by atoms with Crippen LogP contribution >= 0.6 is 12.2 Å². The van der Waals surface area contributed by atoms with Crippen molar-refractivity contribution in [3.05, 3.63) is 22.6 Å². The molecule has 0 bridgehead atoms. The lowest BCUT2D eigenvalue weighted by molar-refractivity contribution is 0.431. The van der Waals surface area contributed by atoms with Gasteiger partial charge in [-0.3, -0.25) is 4.57 Å². The highest BCUT2D eigenvalue weighted by Gasteiger charge is 2.13. The minimum Gasteiger partial charge on any atom is -0.329 e. The van der Waals surface area contributed by atoms with Crippen LogP contribution in [0.2, 0.25) is 0 Å². The van der Waals surface area contributed by atoms with Gasteiger partial charge in [0.1, 0.15) is 0 Å². The SMILES string of the molecule is Cc1cnc2c(c1)[nH]c(=S)n2C(C)CC(C)C. The van der Waals surface area contributed by atoms with Gasteiger partial charge in [0.25, 0.3) is 0 Å². The number of hydrogen-bond acceptors (Lipinski definition) is 2. The molecular formula is C13H19N3S. The lowest BCUT2D eigenvalue weighted by atomic mass is 10.1. The Kier molecular flexibility index (Phi) is 3.33. The molecule has 2 aromatic rings. The molecule has 0 fully saturated rings. The maximum Gasteiger partial charge on any atom is 0.179 e. The van der Waals surface area contributed by atoms with E-state index < -0.39 is 0 Å². The Bertz CT molecular complexity index is 580. The summed E-state index contributed by atoms with van der Waals surface area (Å²) in [5.74, 6) is 0.655. The molecule has 3 nitrogen and oxygen atoms in total. The molecule has 0 aliphatic rings. The molecule has 2 aromatic heterocycles. The summed E-state index contributed by atoms with van der Waals surface area (Å²) in [6.07, 6.45) is 3.00. The molecule has 0 amide bonds. The molecule has 0 saturated carbocycles. The van der Waals surface area contributed by atoms with E-state index in [1.807, 2.05) is 13.1 Å². The van der Waals surface area contributed by atoms with Crippen molar-refractivity contribution in [1.82, 2.24) is 14.5 Å². The van der Waals surface area contributed by atoms with Crippen LogP contribution in [0.3, 0.4) is 0 Å². The number of aromatic amines is 1. The van der Waals surface area contributed by atoms with Crippen LogP contribution in [0, 0.1) is 17.6 Å². The van der Waals surface area contributed by atoms with Gasteiger partial charge in [-0.1, -0.05) is 13.8 Å². The Morgan fingerprint density at radius 1 is 1.41 bits per heavy atom. The molecule has 0 aliphatic heterocycles. The van der Waals surface area contributed by atoms with Gasteiger partial charge in [-0.25, -0.2) is 4.98 Å². The van der Waals surface area contributed by atoms with Gasteiger partial charge in [0.05, 0.1) is 5.52 Å². The molecule has 1 atom stereocenters. The van der Waals surface area contributed by atoms with Crippen molar-refractivity contribution in [2.75, 3.05) is 0 Å². The van der Waals surface area contributed by atoms with Crippen molar-refractivity contribution in [2.45, 2.75) is 40.2 Å².